The van der Waals surface area contributed by atoms with Crippen LogP contribution in [0.2, 0.25) is 0 Å². The van der Waals surface area contributed by atoms with Gasteiger partial charge in [0.1, 0.15) is 0 Å². The molecule has 2 aromatic rings. The van der Waals surface area contributed by atoms with E-state index in [9.17, 15) is 14.7 Å². The molecular formula is C18H21N4O3-. The fourth-order valence-corrected chi connectivity index (χ4v) is 2.22. The van der Waals surface area contributed by atoms with E-state index in [-0.39, 0.29) is 13.0 Å². The standard InChI is InChI=1S/C18H22N4O3/c1-22(2)15-7-5-14(6-8-15)21-17(23)10-16(18(24)25)20-12-13-4-3-9-19-11-13/h3-9,11,16,20H,10,12H2,1-2H3,(H,21,23)(H,24,25)/p-1. The molecule has 1 aromatic carbocycles. The van der Waals surface area contributed by atoms with Gasteiger partial charge < -0.3 is 25.4 Å². The van der Waals surface area contributed by atoms with Crippen molar-refractivity contribution in [3.05, 3.63) is 54.4 Å². The summed E-state index contributed by atoms with van der Waals surface area (Å²) in [5, 5.41) is 16.8. The van der Waals surface area contributed by atoms with Crippen molar-refractivity contribution < 1.29 is 14.7 Å². The number of carboxylic acids is 1. The highest BCUT2D eigenvalue weighted by molar-refractivity contribution is 5.93. The number of anilines is 2. The van der Waals surface area contributed by atoms with E-state index in [4.69, 9.17) is 0 Å². The Morgan fingerprint density at radius 1 is 1.20 bits per heavy atom. The molecule has 0 spiro atoms. The van der Waals surface area contributed by atoms with Gasteiger partial charge in [0.15, 0.2) is 0 Å². The molecule has 7 nitrogen and oxygen atoms in total. The second kappa shape index (κ2) is 8.79. The van der Waals surface area contributed by atoms with Crippen molar-refractivity contribution in [2.75, 3.05) is 24.3 Å². The normalized spacial score (nSPS) is 11.6. The van der Waals surface area contributed by atoms with Crippen LogP contribution in [0.3, 0.4) is 0 Å². The molecule has 0 fully saturated rings. The highest BCUT2D eigenvalue weighted by Gasteiger charge is 2.15. The molecule has 1 aromatic heterocycles. The number of pyridine rings is 1. The number of carbonyl (C=O) groups excluding carboxylic acids is 2. The van der Waals surface area contributed by atoms with Crippen LogP contribution in [0.15, 0.2) is 48.8 Å². The van der Waals surface area contributed by atoms with Gasteiger partial charge in [-0.1, -0.05) is 6.07 Å². The maximum atomic E-state index is 12.1. The van der Waals surface area contributed by atoms with Crippen LogP contribution >= 0.6 is 0 Å². The monoisotopic (exact) mass is 341 g/mol. The fraction of sp³-hybridized carbons (Fsp3) is 0.278. The highest BCUT2D eigenvalue weighted by atomic mass is 16.4. The fourth-order valence-electron chi connectivity index (χ4n) is 2.22. The summed E-state index contributed by atoms with van der Waals surface area (Å²) in [7, 11) is 3.85. The van der Waals surface area contributed by atoms with E-state index in [0.29, 0.717) is 5.69 Å². The molecule has 0 aliphatic carbocycles. The first-order valence-corrected chi connectivity index (χ1v) is 7.86. The summed E-state index contributed by atoms with van der Waals surface area (Å²) >= 11 is 0. The molecule has 0 aliphatic rings. The van der Waals surface area contributed by atoms with Crippen LogP contribution in [-0.2, 0) is 16.1 Å². The lowest BCUT2D eigenvalue weighted by atomic mass is 10.1. The minimum atomic E-state index is -1.32. The van der Waals surface area contributed by atoms with E-state index in [1.807, 2.05) is 37.2 Å². The van der Waals surface area contributed by atoms with Crippen LogP contribution in [0.4, 0.5) is 11.4 Å². The molecule has 0 aliphatic heterocycles. The number of aliphatic carboxylic acids is 1. The first-order valence-electron chi connectivity index (χ1n) is 7.86. The molecule has 25 heavy (non-hydrogen) atoms. The Morgan fingerprint density at radius 3 is 2.48 bits per heavy atom. The molecule has 1 heterocycles. The number of benzene rings is 1. The molecule has 0 bridgehead atoms. The number of carboxylic acid groups (broad SMARTS) is 1. The van der Waals surface area contributed by atoms with Crippen molar-refractivity contribution in [2.45, 2.75) is 19.0 Å². The summed E-state index contributed by atoms with van der Waals surface area (Å²) in [6, 6.07) is 9.77. The zero-order chi connectivity index (χ0) is 18.2. The first kappa shape index (κ1) is 18.4. The van der Waals surface area contributed by atoms with Gasteiger partial charge in [-0.15, -0.1) is 0 Å². The quantitative estimate of drug-likeness (QED) is 0.721. The number of amides is 1. The van der Waals surface area contributed by atoms with Gasteiger partial charge in [-0.05, 0) is 35.9 Å². The van der Waals surface area contributed by atoms with Crippen LogP contribution in [0.5, 0.6) is 0 Å². The van der Waals surface area contributed by atoms with Crippen molar-refractivity contribution in [3.8, 4) is 0 Å². The average molecular weight is 341 g/mol. The molecule has 1 atom stereocenters. The molecule has 2 N–H and O–H groups in total. The van der Waals surface area contributed by atoms with Crippen LogP contribution in [0.1, 0.15) is 12.0 Å². The summed E-state index contributed by atoms with van der Waals surface area (Å²) in [5.74, 6) is -1.72. The molecular weight excluding hydrogens is 320 g/mol. The summed E-state index contributed by atoms with van der Waals surface area (Å²) in [4.78, 5) is 29.2. The van der Waals surface area contributed by atoms with Crippen molar-refractivity contribution in [1.82, 2.24) is 10.3 Å². The topological polar surface area (TPSA) is 97.4 Å². The SMILES string of the molecule is CN(C)c1ccc(NC(=O)CC(NCc2cccnc2)C(=O)[O-])cc1. The summed E-state index contributed by atoms with van der Waals surface area (Å²) in [6.45, 7) is 0.289. The zero-order valence-corrected chi connectivity index (χ0v) is 14.2. The van der Waals surface area contributed by atoms with E-state index in [1.165, 1.54) is 0 Å². The third kappa shape index (κ3) is 5.89. The number of aromatic nitrogens is 1. The molecule has 0 radical (unpaired) electrons. The second-order valence-electron chi connectivity index (χ2n) is 5.81. The summed E-state index contributed by atoms with van der Waals surface area (Å²) in [6.07, 6.45) is 3.04. The van der Waals surface area contributed by atoms with Gasteiger partial charge in [0.2, 0.25) is 5.91 Å². The molecule has 0 saturated carbocycles. The van der Waals surface area contributed by atoms with Crippen molar-refractivity contribution in [2.24, 2.45) is 0 Å². The van der Waals surface area contributed by atoms with Gasteiger partial charge in [0.25, 0.3) is 0 Å². The lowest BCUT2D eigenvalue weighted by Crippen LogP contribution is -2.47. The van der Waals surface area contributed by atoms with Gasteiger partial charge in [-0.25, -0.2) is 0 Å². The average Bonchev–Trinajstić information content (AvgIpc) is 2.59. The number of hydrogen-bond donors (Lipinski definition) is 2. The van der Waals surface area contributed by atoms with E-state index in [2.05, 4.69) is 15.6 Å². The van der Waals surface area contributed by atoms with E-state index in [0.717, 1.165) is 11.3 Å². The Labute approximate surface area is 146 Å². The van der Waals surface area contributed by atoms with Gasteiger partial charge in [0, 0.05) is 50.8 Å². The van der Waals surface area contributed by atoms with Gasteiger partial charge in [-0.2, -0.15) is 0 Å². The lowest BCUT2D eigenvalue weighted by molar-refractivity contribution is -0.308. The number of nitrogens with one attached hydrogen (secondary N) is 2. The minimum absolute atomic E-state index is 0.224. The zero-order valence-electron chi connectivity index (χ0n) is 14.2. The highest BCUT2D eigenvalue weighted by Crippen LogP contribution is 2.16. The Balaban J connectivity index is 1.90. The van der Waals surface area contributed by atoms with E-state index < -0.39 is 17.9 Å². The molecule has 7 heteroatoms. The van der Waals surface area contributed by atoms with Gasteiger partial charge >= 0.3 is 0 Å². The maximum absolute atomic E-state index is 12.1. The first-order chi connectivity index (χ1) is 12.0. The lowest BCUT2D eigenvalue weighted by Gasteiger charge is -2.19. The molecule has 1 amide bonds. The second-order valence-corrected chi connectivity index (χ2v) is 5.81. The maximum Gasteiger partial charge on any atom is 0.226 e. The summed E-state index contributed by atoms with van der Waals surface area (Å²) in [5.41, 5.74) is 2.44. The minimum Gasteiger partial charge on any atom is -0.548 e. The predicted octanol–water partition coefficient (Wildman–Crippen LogP) is 0.385. The van der Waals surface area contributed by atoms with Gasteiger partial charge in [-0.3, -0.25) is 9.78 Å². The molecule has 1 unspecified atom stereocenters. The van der Waals surface area contributed by atoms with Crippen LogP contribution in [0.25, 0.3) is 0 Å². The van der Waals surface area contributed by atoms with Crippen LogP contribution < -0.4 is 20.6 Å². The Kier molecular flexibility index (Phi) is 6.47. The van der Waals surface area contributed by atoms with E-state index >= 15 is 0 Å². The van der Waals surface area contributed by atoms with E-state index in [1.54, 1.807) is 30.6 Å². The Morgan fingerprint density at radius 2 is 1.92 bits per heavy atom. The van der Waals surface area contributed by atoms with Crippen LogP contribution in [0, 0.1) is 0 Å². The predicted molar refractivity (Wildman–Crippen MR) is 93.9 cm³/mol. The largest absolute Gasteiger partial charge is 0.548 e. The van der Waals surface area contributed by atoms with Gasteiger partial charge in [0.05, 0.1) is 12.0 Å². The number of carbonyl (C=O) groups is 2. The van der Waals surface area contributed by atoms with Crippen molar-refractivity contribution >= 4 is 23.3 Å². The molecule has 0 saturated heterocycles. The summed E-state index contributed by atoms with van der Waals surface area (Å²) < 4.78 is 0. The Bertz CT molecular complexity index is 702. The third-order valence-electron chi connectivity index (χ3n) is 3.62. The van der Waals surface area contributed by atoms with Crippen molar-refractivity contribution in [1.29, 1.82) is 0 Å². The Hall–Kier alpha value is -2.93. The van der Waals surface area contributed by atoms with Crippen LogP contribution in [-0.4, -0.2) is 37.0 Å². The number of hydrogen-bond acceptors (Lipinski definition) is 6. The third-order valence-corrected chi connectivity index (χ3v) is 3.62. The smallest absolute Gasteiger partial charge is 0.226 e. The number of nitrogens with zero attached hydrogens (tertiary/aromatic N) is 2. The number of rotatable bonds is 8. The van der Waals surface area contributed by atoms with Crippen molar-refractivity contribution in [3.63, 3.8) is 0 Å². The molecule has 132 valence electrons. The molecule has 2 rings (SSSR count).